The fourth-order valence-corrected chi connectivity index (χ4v) is 2.23. The van der Waals surface area contributed by atoms with E-state index in [1.807, 2.05) is 31.2 Å². The first-order valence-electron chi connectivity index (χ1n) is 6.22. The quantitative estimate of drug-likeness (QED) is 0.772. The van der Waals surface area contributed by atoms with Gasteiger partial charge in [-0.15, -0.1) is 11.8 Å². The fourth-order valence-electron chi connectivity index (χ4n) is 1.38. The molecule has 100 valence electrons. The zero-order valence-electron chi connectivity index (χ0n) is 11.2. The Morgan fingerprint density at radius 3 is 2.61 bits per heavy atom. The van der Waals surface area contributed by atoms with E-state index in [1.165, 1.54) is 0 Å². The molecular weight excluding hydrogens is 246 g/mol. The molecule has 0 radical (unpaired) electrons. The predicted octanol–water partition coefficient (Wildman–Crippen LogP) is 3.09. The second-order valence-electron chi connectivity index (χ2n) is 4.15. The van der Waals surface area contributed by atoms with Crippen LogP contribution in [0.2, 0.25) is 0 Å². The molecule has 0 aliphatic carbocycles. The predicted molar refractivity (Wildman–Crippen MR) is 76.2 cm³/mol. The zero-order valence-corrected chi connectivity index (χ0v) is 12.0. The Labute approximate surface area is 113 Å². The minimum Gasteiger partial charge on any atom is -0.497 e. The lowest BCUT2D eigenvalue weighted by Crippen LogP contribution is -2.32. The maximum atomic E-state index is 11.6. The average Bonchev–Trinajstić information content (AvgIpc) is 2.39. The number of thioether (sulfide) groups is 1. The van der Waals surface area contributed by atoms with Crippen LogP contribution in [0.15, 0.2) is 29.2 Å². The van der Waals surface area contributed by atoms with Gasteiger partial charge in [0.1, 0.15) is 5.75 Å². The molecule has 0 saturated heterocycles. The maximum absolute atomic E-state index is 11.6. The van der Waals surface area contributed by atoms with Crippen LogP contribution in [0.5, 0.6) is 5.75 Å². The molecule has 1 atom stereocenters. The fraction of sp³-hybridized carbons (Fsp3) is 0.500. The van der Waals surface area contributed by atoms with E-state index in [9.17, 15) is 4.79 Å². The van der Waals surface area contributed by atoms with Crippen LogP contribution < -0.4 is 10.1 Å². The van der Waals surface area contributed by atoms with Gasteiger partial charge in [0.25, 0.3) is 0 Å². The highest BCUT2D eigenvalue weighted by molar-refractivity contribution is 7.99. The first-order chi connectivity index (χ1) is 8.65. The van der Waals surface area contributed by atoms with Crippen LogP contribution in [0, 0.1) is 0 Å². The van der Waals surface area contributed by atoms with Gasteiger partial charge in [0.05, 0.1) is 7.11 Å². The third kappa shape index (κ3) is 5.45. The van der Waals surface area contributed by atoms with Crippen molar-refractivity contribution >= 4 is 17.7 Å². The highest BCUT2D eigenvalue weighted by atomic mass is 32.2. The van der Waals surface area contributed by atoms with Crippen molar-refractivity contribution in [2.24, 2.45) is 0 Å². The van der Waals surface area contributed by atoms with Crippen LogP contribution in [-0.2, 0) is 4.79 Å². The molecule has 0 saturated carbocycles. The monoisotopic (exact) mass is 267 g/mol. The second-order valence-corrected chi connectivity index (χ2v) is 5.32. The Balaban J connectivity index is 2.26. The highest BCUT2D eigenvalue weighted by Gasteiger charge is 2.05. The first-order valence-corrected chi connectivity index (χ1v) is 7.20. The van der Waals surface area contributed by atoms with Gasteiger partial charge in [-0.2, -0.15) is 0 Å². The topological polar surface area (TPSA) is 38.3 Å². The molecule has 1 unspecified atom stereocenters. The molecule has 4 heteroatoms. The largest absolute Gasteiger partial charge is 0.497 e. The van der Waals surface area contributed by atoms with Crippen molar-refractivity contribution in [2.45, 2.75) is 37.6 Å². The Morgan fingerprint density at radius 1 is 1.39 bits per heavy atom. The van der Waals surface area contributed by atoms with E-state index >= 15 is 0 Å². The molecule has 1 rings (SSSR count). The van der Waals surface area contributed by atoms with Gasteiger partial charge in [0.15, 0.2) is 0 Å². The van der Waals surface area contributed by atoms with E-state index in [4.69, 9.17) is 4.74 Å². The summed E-state index contributed by atoms with van der Waals surface area (Å²) < 4.78 is 5.09. The van der Waals surface area contributed by atoms with E-state index in [0.29, 0.717) is 6.42 Å². The normalized spacial score (nSPS) is 11.9. The van der Waals surface area contributed by atoms with Crippen molar-refractivity contribution in [1.82, 2.24) is 5.32 Å². The third-order valence-corrected chi connectivity index (χ3v) is 3.69. The van der Waals surface area contributed by atoms with Gasteiger partial charge in [-0.05, 0) is 37.6 Å². The van der Waals surface area contributed by atoms with Gasteiger partial charge >= 0.3 is 0 Å². The Kier molecular flexibility index (Phi) is 6.65. The lowest BCUT2D eigenvalue weighted by molar-refractivity contribution is -0.121. The van der Waals surface area contributed by atoms with Gasteiger partial charge < -0.3 is 10.1 Å². The summed E-state index contributed by atoms with van der Waals surface area (Å²) in [6.45, 7) is 4.09. The van der Waals surface area contributed by atoms with E-state index in [-0.39, 0.29) is 11.9 Å². The Morgan fingerprint density at radius 2 is 2.06 bits per heavy atom. The number of benzene rings is 1. The number of methoxy groups -OCH3 is 1. The van der Waals surface area contributed by atoms with Gasteiger partial charge in [-0.25, -0.2) is 0 Å². The molecule has 0 fully saturated rings. The summed E-state index contributed by atoms with van der Waals surface area (Å²) in [5, 5.41) is 2.96. The summed E-state index contributed by atoms with van der Waals surface area (Å²) in [5.74, 6) is 1.79. The summed E-state index contributed by atoms with van der Waals surface area (Å²) >= 11 is 1.69. The lowest BCUT2D eigenvalue weighted by atomic mass is 10.2. The highest BCUT2D eigenvalue weighted by Crippen LogP contribution is 2.21. The summed E-state index contributed by atoms with van der Waals surface area (Å²) in [4.78, 5) is 12.7. The van der Waals surface area contributed by atoms with Gasteiger partial charge in [0.2, 0.25) is 5.91 Å². The SMILES string of the molecule is CCC(C)NC(=O)CCSc1ccc(OC)cc1. The van der Waals surface area contributed by atoms with Crippen molar-refractivity contribution in [2.75, 3.05) is 12.9 Å². The maximum Gasteiger partial charge on any atom is 0.221 e. The van der Waals surface area contributed by atoms with Crippen LogP contribution in [-0.4, -0.2) is 24.8 Å². The number of amides is 1. The minimum atomic E-state index is 0.130. The van der Waals surface area contributed by atoms with Gasteiger partial charge in [-0.1, -0.05) is 6.92 Å². The molecule has 0 aromatic heterocycles. The van der Waals surface area contributed by atoms with Crippen LogP contribution >= 0.6 is 11.8 Å². The molecule has 0 bridgehead atoms. The molecule has 1 aromatic carbocycles. The van der Waals surface area contributed by atoms with E-state index in [0.717, 1.165) is 22.8 Å². The van der Waals surface area contributed by atoms with Crippen LogP contribution in [0.25, 0.3) is 0 Å². The summed E-state index contributed by atoms with van der Waals surface area (Å²) in [5.41, 5.74) is 0. The molecule has 0 aliphatic heterocycles. The van der Waals surface area contributed by atoms with Gasteiger partial charge in [0, 0.05) is 23.1 Å². The Hall–Kier alpha value is -1.16. The molecule has 1 aromatic rings. The van der Waals surface area contributed by atoms with Crippen molar-refractivity contribution in [3.05, 3.63) is 24.3 Å². The molecule has 1 amide bonds. The van der Waals surface area contributed by atoms with E-state index < -0.39 is 0 Å². The molecule has 1 N–H and O–H groups in total. The number of hydrogen-bond donors (Lipinski definition) is 1. The molecule has 3 nitrogen and oxygen atoms in total. The van der Waals surface area contributed by atoms with Crippen LogP contribution in [0.3, 0.4) is 0 Å². The van der Waals surface area contributed by atoms with Gasteiger partial charge in [-0.3, -0.25) is 4.79 Å². The number of rotatable bonds is 7. The standard InChI is InChI=1S/C14H21NO2S/c1-4-11(2)15-14(16)9-10-18-13-7-5-12(17-3)6-8-13/h5-8,11H,4,9-10H2,1-3H3,(H,15,16). The zero-order chi connectivity index (χ0) is 13.4. The number of ether oxygens (including phenoxy) is 1. The van der Waals surface area contributed by atoms with Crippen molar-refractivity contribution in [3.63, 3.8) is 0 Å². The molecular formula is C14H21NO2S. The molecule has 0 heterocycles. The average molecular weight is 267 g/mol. The summed E-state index contributed by atoms with van der Waals surface area (Å²) in [7, 11) is 1.65. The number of hydrogen-bond acceptors (Lipinski definition) is 3. The van der Waals surface area contributed by atoms with E-state index in [2.05, 4.69) is 12.2 Å². The lowest BCUT2D eigenvalue weighted by Gasteiger charge is -2.10. The third-order valence-electron chi connectivity index (χ3n) is 2.68. The summed E-state index contributed by atoms with van der Waals surface area (Å²) in [6.07, 6.45) is 1.53. The number of carbonyl (C=O) groups excluding carboxylic acids is 1. The van der Waals surface area contributed by atoms with Crippen LogP contribution in [0.4, 0.5) is 0 Å². The first kappa shape index (κ1) is 14.9. The smallest absolute Gasteiger partial charge is 0.221 e. The van der Waals surface area contributed by atoms with Crippen LogP contribution in [0.1, 0.15) is 26.7 Å². The molecule has 0 aliphatic rings. The number of carbonyl (C=O) groups is 1. The minimum absolute atomic E-state index is 0.130. The summed E-state index contributed by atoms with van der Waals surface area (Å²) in [6, 6.07) is 8.15. The van der Waals surface area contributed by atoms with E-state index in [1.54, 1.807) is 18.9 Å². The molecule has 0 spiro atoms. The van der Waals surface area contributed by atoms with Crippen molar-refractivity contribution < 1.29 is 9.53 Å². The Bertz CT molecular complexity index is 365. The van der Waals surface area contributed by atoms with Crippen molar-refractivity contribution in [1.29, 1.82) is 0 Å². The second kappa shape index (κ2) is 8.03. The van der Waals surface area contributed by atoms with Crippen molar-refractivity contribution in [3.8, 4) is 5.75 Å². The number of nitrogens with one attached hydrogen (secondary N) is 1. The molecule has 18 heavy (non-hydrogen) atoms.